The van der Waals surface area contributed by atoms with Crippen LogP contribution in [0.2, 0.25) is 0 Å². The molecule has 9 nitrogen and oxygen atoms in total. The van der Waals surface area contributed by atoms with Gasteiger partial charge in [-0.25, -0.2) is 13.1 Å². The quantitative estimate of drug-likeness (QED) is 0.404. The maximum atomic E-state index is 12.7. The molecule has 0 bridgehead atoms. The minimum absolute atomic E-state index is 0.0185. The molecule has 172 valence electrons. The number of fused-ring (bicyclic) bond motifs is 3. The fourth-order valence-electron chi connectivity index (χ4n) is 4.39. The van der Waals surface area contributed by atoms with Gasteiger partial charge in [-0.15, -0.1) is 0 Å². The highest BCUT2D eigenvalue weighted by molar-refractivity contribution is 7.89. The maximum Gasteiger partial charge on any atom is 0.306 e. The number of hydrogen-bond donors (Lipinski definition) is 5. The van der Waals surface area contributed by atoms with Gasteiger partial charge in [0.1, 0.15) is 5.52 Å². The first-order chi connectivity index (χ1) is 15.3. The highest BCUT2D eigenvalue weighted by Gasteiger charge is 2.23. The summed E-state index contributed by atoms with van der Waals surface area (Å²) in [6.45, 7) is 1.63. The molecule has 0 spiro atoms. The van der Waals surface area contributed by atoms with Gasteiger partial charge in [-0.1, -0.05) is 12.8 Å². The molecule has 0 amide bonds. The number of aliphatic carboxylic acids is 1. The number of carbonyl (C=O) groups is 1. The summed E-state index contributed by atoms with van der Waals surface area (Å²) in [7, 11) is -3.59. The largest absolute Gasteiger partial charge is 0.481 e. The molecule has 2 aromatic heterocycles. The van der Waals surface area contributed by atoms with E-state index in [1.807, 2.05) is 0 Å². The van der Waals surface area contributed by atoms with Gasteiger partial charge in [-0.2, -0.15) is 0 Å². The lowest BCUT2D eigenvalue weighted by Crippen LogP contribution is -2.42. The summed E-state index contributed by atoms with van der Waals surface area (Å²) in [4.78, 5) is 28.0. The first-order valence-corrected chi connectivity index (χ1v) is 12.4. The zero-order chi connectivity index (χ0) is 22.7. The van der Waals surface area contributed by atoms with Crippen LogP contribution in [0, 0.1) is 5.92 Å². The number of carboxylic acid groups (broad SMARTS) is 1. The van der Waals surface area contributed by atoms with E-state index in [0.717, 1.165) is 51.6 Å². The molecular formula is C22H28N4O5S. The monoisotopic (exact) mass is 460 g/mol. The Morgan fingerprint density at radius 3 is 2.41 bits per heavy atom. The minimum Gasteiger partial charge on any atom is -0.481 e. The van der Waals surface area contributed by atoms with Crippen molar-refractivity contribution < 1.29 is 18.3 Å². The molecule has 5 rings (SSSR count). The van der Waals surface area contributed by atoms with Crippen LogP contribution in [0.4, 0.5) is 0 Å². The molecular weight excluding hydrogens is 432 g/mol. The van der Waals surface area contributed by atoms with E-state index in [4.69, 9.17) is 5.11 Å². The zero-order valence-corrected chi connectivity index (χ0v) is 18.5. The standard InChI is InChI=1S/C16H18N4O3S.C6H10O2/c21-16-15-12(5-8-18-15)13-9-11(1-2-14(13)19-16)24(22,23)20-10-3-6-17-7-4-10;7-6(8)5-3-1-2-4-5/h1-2,5,8-10,17-18,20H,3-4,6-7H2,(H,19,21);5H,1-4H2,(H,7,8). The number of carboxylic acids is 1. The van der Waals surface area contributed by atoms with Crippen LogP contribution < -0.4 is 15.6 Å². The van der Waals surface area contributed by atoms with E-state index in [-0.39, 0.29) is 22.4 Å². The average Bonchev–Trinajstić information content (AvgIpc) is 3.47. The molecule has 1 saturated carbocycles. The van der Waals surface area contributed by atoms with Crippen LogP contribution in [0.1, 0.15) is 38.5 Å². The fraction of sp³-hybridized carbons (Fsp3) is 0.455. The Morgan fingerprint density at radius 2 is 1.75 bits per heavy atom. The number of aromatic nitrogens is 2. The molecule has 5 N–H and O–H groups in total. The number of piperidine rings is 1. The lowest BCUT2D eigenvalue weighted by molar-refractivity contribution is -0.141. The van der Waals surface area contributed by atoms with Crippen LogP contribution in [0.5, 0.6) is 0 Å². The molecule has 10 heteroatoms. The summed E-state index contributed by atoms with van der Waals surface area (Å²) in [5, 5.41) is 13.1. The molecule has 1 aliphatic carbocycles. The van der Waals surface area contributed by atoms with Gasteiger partial charge in [0.05, 0.1) is 10.8 Å². The van der Waals surface area contributed by atoms with Gasteiger partial charge in [0.25, 0.3) is 5.56 Å². The van der Waals surface area contributed by atoms with Gasteiger partial charge >= 0.3 is 5.97 Å². The Hall–Kier alpha value is -2.69. The molecule has 1 aromatic carbocycles. The minimum atomic E-state index is -3.59. The Labute approximate surface area is 185 Å². The summed E-state index contributed by atoms with van der Waals surface area (Å²) in [6, 6.07) is 6.52. The van der Waals surface area contributed by atoms with Gasteiger partial charge in [-0.3, -0.25) is 9.59 Å². The number of pyridine rings is 1. The molecule has 2 aliphatic rings. The second kappa shape index (κ2) is 9.43. The summed E-state index contributed by atoms with van der Waals surface area (Å²) >= 11 is 0. The number of H-pyrrole nitrogens is 2. The van der Waals surface area contributed by atoms with Crippen molar-refractivity contribution in [1.29, 1.82) is 0 Å². The number of nitrogens with one attached hydrogen (secondary N) is 4. The summed E-state index contributed by atoms with van der Waals surface area (Å²) < 4.78 is 28.1. The van der Waals surface area contributed by atoms with E-state index in [9.17, 15) is 18.0 Å². The molecule has 2 fully saturated rings. The third-order valence-corrected chi connectivity index (χ3v) is 7.70. The van der Waals surface area contributed by atoms with Crippen molar-refractivity contribution >= 4 is 37.8 Å². The van der Waals surface area contributed by atoms with Crippen molar-refractivity contribution in [1.82, 2.24) is 20.0 Å². The van der Waals surface area contributed by atoms with E-state index in [1.165, 1.54) is 6.07 Å². The number of benzene rings is 1. The van der Waals surface area contributed by atoms with E-state index >= 15 is 0 Å². The van der Waals surface area contributed by atoms with E-state index < -0.39 is 16.0 Å². The Morgan fingerprint density at radius 1 is 1.03 bits per heavy atom. The van der Waals surface area contributed by atoms with Gasteiger partial charge < -0.3 is 20.4 Å². The summed E-state index contributed by atoms with van der Waals surface area (Å²) in [5.41, 5.74) is 0.849. The van der Waals surface area contributed by atoms with Crippen LogP contribution in [0.15, 0.2) is 40.2 Å². The second-order valence-corrected chi connectivity index (χ2v) is 10.1. The van der Waals surface area contributed by atoms with Crippen molar-refractivity contribution in [2.24, 2.45) is 5.92 Å². The van der Waals surface area contributed by atoms with Gasteiger partial charge in [-0.05, 0) is 63.0 Å². The highest BCUT2D eigenvalue weighted by Crippen LogP contribution is 2.25. The average molecular weight is 461 g/mol. The van der Waals surface area contributed by atoms with Crippen LogP contribution in [0.3, 0.4) is 0 Å². The Balaban J connectivity index is 0.000000260. The first-order valence-electron chi connectivity index (χ1n) is 10.9. The maximum absolute atomic E-state index is 12.7. The normalized spacial score (nSPS) is 18.0. The fourth-order valence-corrected chi connectivity index (χ4v) is 5.72. The van der Waals surface area contributed by atoms with Crippen LogP contribution in [0.25, 0.3) is 21.8 Å². The Kier molecular flexibility index (Phi) is 6.63. The molecule has 3 aromatic rings. The van der Waals surface area contributed by atoms with Gasteiger partial charge in [0.2, 0.25) is 10.0 Å². The zero-order valence-electron chi connectivity index (χ0n) is 17.7. The topological polar surface area (TPSA) is 144 Å². The van der Waals surface area contributed by atoms with Crippen LogP contribution in [-0.4, -0.2) is 48.6 Å². The molecule has 3 heterocycles. The van der Waals surface area contributed by atoms with Crippen LogP contribution in [-0.2, 0) is 14.8 Å². The predicted octanol–water partition coefficient (Wildman–Crippen LogP) is 2.30. The van der Waals surface area contributed by atoms with Gasteiger partial charge in [0, 0.05) is 28.5 Å². The smallest absolute Gasteiger partial charge is 0.306 e. The van der Waals surface area contributed by atoms with Crippen molar-refractivity contribution in [3.05, 3.63) is 40.8 Å². The second-order valence-electron chi connectivity index (χ2n) is 8.39. The SMILES string of the molecule is O=C(O)C1CCCC1.O=c1[nH]c2ccc(S(=O)(=O)NC3CCNCC3)cc2c2cc[nH]c12. The number of sulfonamides is 1. The van der Waals surface area contributed by atoms with Gasteiger partial charge in [0.15, 0.2) is 0 Å². The summed E-state index contributed by atoms with van der Waals surface area (Å²) in [5.74, 6) is -0.627. The molecule has 0 atom stereocenters. The molecule has 1 saturated heterocycles. The third-order valence-electron chi connectivity index (χ3n) is 6.18. The highest BCUT2D eigenvalue weighted by atomic mass is 32.2. The number of rotatable bonds is 4. The first kappa shape index (κ1) is 22.5. The van der Waals surface area contributed by atoms with Crippen molar-refractivity contribution in [3.63, 3.8) is 0 Å². The Bertz CT molecular complexity index is 1270. The molecule has 32 heavy (non-hydrogen) atoms. The third kappa shape index (κ3) is 4.87. The summed E-state index contributed by atoms with van der Waals surface area (Å²) in [6.07, 6.45) is 7.25. The van der Waals surface area contributed by atoms with Crippen molar-refractivity contribution in [2.75, 3.05) is 13.1 Å². The molecule has 0 unspecified atom stereocenters. The van der Waals surface area contributed by atoms with E-state index in [1.54, 1.807) is 24.4 Å². The lowest BCUT2D eigenvalue weighted by Gasteiger charge is -2.23. The lowest BCUT2D eigenvalue weighted by atomic mass is 10.1. The van der Waals surface area contributed by atoms with Crippen molar-refractivity contribution in [3.8, 4) is 0 Å². The molecule has 0 radical (unpaired) electrons. The number of hydrogen-bond acceptors (Lipinski definition) is 5. The van der Waals surface area contributed by atoms with E-state index in [0.29, 0.717) is 21.8 Å². The predicted molar refractivity (Wildman–Crippen MR) is 122 cm³/mol. The van der Waals surface area contributed by atoms with Crippen molar-refractivity contribution in [2.45, 2.75) is 49.5 Å². The van der Waals surface area contributed by atoms with E-state index in [2.05, 4.69) is 20.0 Å². The number of aromatic amines is 2. The molecule has 1 aliphatic heterocycles. The van der Waals surface area contributed by atoms with Crippen LogP contribution >= 0.6 is 0 Å².